The van der Waals surface area contributed by atoms with Crippen LogP contribution in [0.4, 0.5) is 30.2 Å². The number of amides is 2. The van der Waals surface area contributed by atoms with Gasteiger partial charge in [0.05, 0.1) is 5.56 Å². The molecule has 0 aromatic heterocycles. The largest absolute Gasteiger partial charge is 0.416 e. The van der Waals surface area contributed by atoms with Gasteiger partial charge in [-0.2, -0.15) is 13.2 Å². The zero-order valence-corrected chi connectivity index (χ0v) is 15.1. The van der Waals surface area contributed by atoms with Gasteiger partial charge in [-0.15, -0.1) is 0 Å². The Labute approximate surface area is 160 Å². The van der Waals surface area contributed by atoms with Gasteiger partial charge in [-0.25, -0.2) is 0 Å². The third-order valence-electron chi connectivity index (χ3n) is 4.36. The summed E-state index contributed by atoms with van der Waals surface area (Å²) in [5.74, 6) is -0.248. The highest BCUT2D eigenvalue weighted by Gasteiger charge is 2.30. The lowest BCUT2D eigenvalue weighted by Crippen LogP contribution is -2.31. The number of nitrogens with one attached hydrogen (secondary N) is 3. The van der Waals surface area contributed by atoms with Crippen molar-refractivity contribution in [2.75, 3.05) is 16.0 Å². The molecule has 2 aromatic carbocycles. The van der Waals surface area contributed by atoms with Crippen molar-refractivity contribution in [1.29, 1.82) is 0 Å². The van der Waals surface area contributed by atoms with Crippen LogP contribution in [0.1, 0.15) is 25.3 Å². The quantitative estimate of drug-likeness (QED) is 0.679. The molecule has 0 heterocycles. The molecule has 1 fully saturated rings. The molecule has 2 aromatic rings. The molecule has 0 spiro atoms. The van der Waals surface area contributed by atoms with Gasteiger partial charge in [0.15, 0.2) is 0 Å². The van der Waals surface area contributed by atoms with Crippen molar-refractivity contribution in [2.24, 2.45) is 5.92 Å². The number of carbonyl (C=O) groups excluding carboxylic acids is 2. The molecule has 3 rings (SSSR count). The van der Waals surface area contributed by atoms with E-state index < -0.39 is 17.8 Å². The first-order chi connectivity index (χ1) is 13.2. The van der Waals surface area contributed by atoms with Crippen molar-refractivity contribution < 1.29 is 22.8 Å². The third-order valence-corrected chi connectivity index (χ3v) is 4.36. The van der Waals surface area contributed by atoms with Crippen molar-refractivity contribution >= 4 is 28.9 Å². The van der Waals surface area contributed by atoms with E-state index in [2.05, 4.69) is 16.0 Å². The third kappa shape index (κ3) is 5.25. The van der Waals surface area contributed by atoms with Crippen LogP contribution in [0.3, 0.4) is 0 Å². The lowest BCUT2D eigenvalue weighted by molar-refractivity contribution is -0.137. The predicted octanol–water partition coefficient (Wildman–Crippen LogP) is 4.49. The second-order valence-corrected chi connectivity index (χ2v) is 6.77. The molecule has 0 saturated heterocycles. The Morgan fingerprint density at radius 1 is 0.893 bits per heavy atom. The van der Waals surface area contributed by atoms with E-state index >= 15 is 0 Å². The molecular weight excluding hydrogens is 371 g/mol. The van der Waals surface area contributed by atoms with Gasteiger partial charge in [-0.05, 0) is 68.3 Å². The van der Waals surface area contributed by atoms with Crippen LogP contribution in [0.5, 0.6) is 0 Å². The number of benzene rings is 2. The van der Waals surface area contributed by atoms with E-state index in [1.807, 2.05) is 0 Å². The Kier molecular flexibility index (Phi) is 5.58. The van der Waals surface area contributed by atoms with E-state index in [0.29, 0.717) is 11.4 Å². The second kappa shape index (κ2) is 7.92. The fourth-order valence-corrected chi connectivity index (χ4v) is 2.55. The van der Waals surface area contributed by atoms with Crippen molar-refractivity contribution in [3.05, 3.63) is 54.1 Å². The number of halogens is 3. The minimum absolute atomic E-state index is 0.0185. The fraction of sp³-hybridized carbons (Fsp3) is 0.300. The van der Waals surface area contributed by atoms with Crippen LogP contribution in [-0.4, -0.2) is 17.9 Å². The van der Waals surface area contributed by atoms with Gasteiger partial charge >= 0.3 is 6.18 Å². The summed E-state index contributed by atoms with van der Waals surface area (Å²) in [6.07, 6.45) is -2.56. The van der Waals surface area contributed by atoms with Crippen molar-refractivity contribution in [2.45, 2.75) is 32.0 Å². The van der Waals surface area contributed by atoms with Crippen LogP contribution in [0, 0.1) is 5.92 Å². The van der Waals surface area contributed by atoms with Gasteiger partial charge in [0, 0.05) is 23.0 Å². The topological polar surface area (TPSA) is 70.2 Å². The van der Waals surface area contributed by atoms with Crippen molar-refractivity contribution in [3.63, 3.8) is 0 Å². The van der Waals surface area contributed by atoms with E-state index in [0.717, 1.165) is 25.0 Å². The molecule has 2 amide bonds. The van der Waals surface area contributed by atoms with E-state index in [-0.39, 0.29) is 23.4 Å². The maximum atomic E-state index is 12.6. The molecule has 3 N–H and O–H groups in total. The zero-order valence-electron chi connectivity index (χ0n) is 15.1. The van der Waals surface area contributed by atoms with Gasteiger partial charge in [0.25, 0.3) is 0 Å². The summed E-state index contributed by atoms with van der Waals surface area (Å²) in [4.78, 5) is 24.0. The van der Waals surface area contributed by atoms with Crippen molar-refractivity contribution in [1.82, 2.24) is 0 Å². The maximum Gasteiger partial charge on any atom is 0.416 e. The minimum atomic E-state index is -4.42. The molecule has 0 bridgehead atoms. The molecule has 1 saturated carbocycles. The molecule has 1 atom stereocenters. The lowest BCUT2D eigenvalue weighted by atomic mass is 10.2. The first-order valence-corrected chi connectivity index (χ1v) is 8.88. The average molecular weight is 391 g/mol. The van der Waals surface area contributed by atoms with Gasteiger partial charge in [0.2, 0.25) is 11.8 Å². The summed E-state index contributed by atoms with van der Waals surface area (Å²) < 4.78 is 37.7. The number of hydrogen-bond acceptors (Lipinski definition) is 3. The lowest BCUT2D eigenvalue weighted by Gasteiger charge is -2.16. The zero-order chi connectivity index (χ0) is 20.3. The second-order valence-electron chi connectivity index (χ2n) is 6.77. The Morgan fingerprint density at radius 3 is 1.93 bits per heavy atom. The summed E-state index contributed by atoms with van der Waals surface area (Å²) >= 11 is 0. The number of hydrogen-bond donors (Lipinski definition) is 3. The van der Waals surface area contributed by atoms with Gasteiger partial charge < -0.3 is 16.0 Å². The molecular formula is C20H20F3N3O2. The summed E-state index contributed by atoms with van der Waals surface area (Å²) in [5, 5.41) is 8.41. The van der Waals surface area contributed by atoms with Crippen LogP contribution in [-0.2, 0) is 15.8 Å². The van der Waals surface area contributed by atoms with Crippen molar-refractivity contribution in [3.8, 4) is 0 Å². The van der Waals surface area contributed by atoms with Crippen LogP contribution >= 0.6 is 0 Å². The molecule has 0 aliphatic heterocycles. The van der Waals surface area contributed by atoms with Crippen LogP contribution in [0.25, 0.3) is 0 Å². The first-order valence-electron chi connectivity index (χ1n) is 8.88. The summed E-state index contributed by atoms with van der Waals surface area (Å²) in [7, 11) is 0. The first kappa shape index (κ1) is 19.7. The van der Waals surface area contributed by atoms with E-state index in [1.54, 1.807) is 31.2 Å². The number of anilines is 3. The van der Waals surface area contributed by atoms with Gasteiger partial charge in [0.1, 0.15) is 6.04 Å². The van der Waals surface area contributed by atoms with Crippen LogP contribution < -0.4 is 16.0 Å². The fourth-order valence-electron chi connectivity index (χ4n) is 2.55. The monoisotopic (exact) mass is 391 g/mol. The normalized spacial score (nSPS) is 14.9. The highest BCUT2D eigenvalue weighted by molar-refractivity contribution is 5.96. The highest BCUT2D eigenvalue weighted by Crippen LogP contribution is 2.31. The Bertz CT molecular complexity index is 844. The summed E-state index contributed by atoms with van der Waals surface area (Å²) in [5.41, 5.74) is 0.874. The molecule has 5 nitrogen and oxygen atoms in total. The Morgan fingerprint density at radius 2 is 1.39 bits per heavy atom. The highest BCUT2D eigenvalue weighted by atomic mass is 19.4. The van der Waals surface area contributed by atoms with E-state index in [9.17, 15) is 22.8 Å². The molecule has 1 unspecified atom stereocenters. The average Bonchev–Trinajstić information content (AvgIpc) is 3.48. The smallest absolute Gasteiger partial charge is 0.374 e. The molecule has 28 heavy (non-hydrogen) atoms. The number of carbonyl (C=O) groups is 2. The molecule has 1 aliphatic carbocycles. The van der Waals surface area contributed by atoms with Gasteiger partial charge in [-0.1, -0.05) is 0 Å². The Balaban J connectivity index is 1.52. The predicted molar refractivity (Wildman–Crippen MR) is 101 cm³/mol. The maximum absolute atomic E-state index is 12.6. The number of rotatable bonds is 6. The summed E-state index contributed by atoms with van der Waals surface area (Å²) in [6, 6.07) is 10.6. The number of alkyl halides is 3. The summed E-state index contributed by atoms with van der Waals surface area (Å²) in [6.45, 7) is 1.64. The molecule has 8 heteroatoms. The van der Waals surface area contributed by atoms with E-state index in [4.69, 9.17) is 0 Å². The van der Waals surface area contributed by atoms with Crippen LogP contribution in [0.15, 0.2) is 48.5 Å². The molecule has 148 valence electrons. The standard InChI is InChI=1S/C20H20F3N3O2/c1-12(18(27)25-16-6-4-14(5-7-16)20(21,22)23)24-15-8-10-17(11-9-15)26-19(28)13-2-3-13/h4-13,24H,2-3H2,1H3,(H,25,27)(H,26,28). The minimum Gasteiger partial charge on any atom is -0.374 e. The van der Waals surface area contributed by atoms with E-state index in [1.165, 1.54) is 12.1 Å². The van der Waals surface area contributed by atoms with Gasteiger partial charge in [-0.3, -0.25) is 9.59 Å². The SMILES string of the molecule is CC(Nc1ccc(NC(=O)C2CC2)cc1)C(=O)Nc1ccc(C(F)(F)F)cc1. The molecule has 0 radical (unpaired) electrons. The Hall–Kier alpha value is -3.03. The molecule has 1 aliphatic rings. The van der Waals surface area contributed by atoms with Crippen LogP contribution in [0.2, 0.25) is 0 Å².